The molecule has 25 heavy (non-hydrogen) atoms. The second kappa shape index (κ2) is 8.84. The third kappa shape index (κ3) is 5.32. The van der Waals surface area contributed by atoms with Gasteiger partial charge in [-0.05, 0) is 32.3 Å². The van der Waals surface area contributed by atoms with Crippen LogP contribution in [0.2, 0.25) is 0 Å². The van der Waals surface area contributed by atoms with Gasteiger partial charge in [-0.25, -0.2) is 9.97 Å². The van der Waals surface area contributed by atoms with Gasteiger partial charge in [0.1, 0.15) is 17.2 Å². The summed E-state index contributed by atoms with van der Waals surface area (Å²) in [5.41, 5.74) is 0.764. The van der Waals surface area contributed by atoms with Crippen molar-refractivity contribution in [3.05, 3.63) is 36.2 Å². The van der Waals surface area contributed by atoms with Crippen LogP contribution in [0.3, 0.4) is 0 Å². The predicted molar refractivity (Wildman–Crippen MR) is 96.6 cm³/mol. The van der Waals surface area contributed by atoms with Crippen LogP contribution in [0, 0.1) is 0 Å². The lowest BCUT2D eigenvalue weighted by Gasteiger charge is -2.12. The summed E-state index contributed by atoms with van der Waals surface area (Å²) in [6.45, 7) is 1.52. The first-order valence-electron chi connectivity index (χ1n) is 7.78. The highest BCUT2D eigenvalue weighted by molar-refractivity contribution is 6.03. The summed E-state index contributed by atoms with van der Waals surface area (Å²) in [7, 11) is 7.06. The van der Waals surface area contributed by atoms with Gasteiger partial charge in [-0.15, -0.1) is 0 Å². The maximum atomic E-state index is 12.5. The molecule has 0 radical (unpaired) electrons. The highest BCUT2D eigenvalue weighted by Crippen LogP contribution is 2.29. The molecule has 1 aromatic heterocycles. The average molecular weight is 345 g/mol. The van der Waals surface area contributed by atoms with E-state index < -0.39 is 0 Å². The van der Waals surface area contributed by atoms with E-state index in [-0.39, 0.29) is 11.6 Å². The van der Waals surface area contributed by atoms with Gasteiger partial charge < -0.3 is 25.0 Å². The van der Waals surface area contributed by atoms with Crippen molar-refractivity contribution in [2.45, 2.75) is 0 Å². The minimum atomic E-state index is -0.357. The molecular weight excluding hydrogens is 322 g/mol. The quantitative estimate of drug-likeness (QED) is 0.753. The van der Waals surface area contributed by atoms with Crippen LogP contribution in [-0.4, -0.2) is 62.2 Å². The lowest BCUT2D eigenvalue weighted by atomic mass is 10.2. The first-order chi connectivity index (χ1) is 12.0. The molecule has 0 unspecified atom stereocenters. The monoisotopic (exact) mass is 345 g/mol. The molecule has 8 heteroatoms. The summed E-state index contributed by atoms with van der Waals surface area (Å²) >= 11 is 0. The van der Waals surface area contributed by atoms with Crippen LogP contribution in [0.15, 0.2) is 30.5 Å². The standard InChI is InChI=1S/C17H23N5O3/c1-22(2)10-9-19-17-18-8-7-13(21-17)16(23)20-14-11-12(24-3)5-6-15(14)25-4/h5-8,11H,9-10H2,1-4H3,(H,20,23)(H,18,19,21). The van der Waals surface area contributed by atoms with Gasteiger partial charge in [0.25, 0.3) is 5.91 Å². The molecule has 0 aliphatic heterocycles. The van der Waals surface area contributed by atoms with Crippen LogP contribution < -0.4 is 20.1 Å². The van der Waals surface area contributed by atoms with Crippen molar-refractivity contribution < 1.29 is 14.3 Å². The zero-order valence-electron chi connectivity index (χ0n) is 14.9. The molecule has 1 aromatic carbocycles. The molecule has 1 amide bonds. The van der Waals surface area contributed by atoms with Crippen LogP contribution in [0.1, 0.15) is 10.5 Å². The second-order valence-corrected chi connectivity index (χ2v) is 5.52. The largest absolute Gasteiger partial charge is 0.497 e. The fraction of sp³-hybridized carbons (Fsp3) is 0.353. The van der Waals surface area contributed by atoms with Crippen molar-refractivity contribution in [1.29, 1.82) is 0 Å². The zero-order chi connectivity index (χ0) is 18.2. The third-order valence-electron chi connectivity index (χ3n) is 3.39. The summed E-state index contributed by atoms with van der Waals surface area (Å²) in [6.07, 6.45) is 1.54. The molecule has 0 bridgehead atoms. The Morgan fingerprint density at radius 2 is 2.00 bits per heavy atom. The van der Waals surface area contributed by atoms with Gasteiger partial charge in [-0.1, -0.05) is 0 Å². The van der Waals surface area contributed by atoms with Gasteiger partial charge in [-0.2, -0.15) is 0 Å². The molecule has 0 saturated heterocycles. The SMILES string of the molecule is COc1ccc(OC)c(NC(=O)c2ccnc(NCCN(C)C)n2)c1. The fourth-order valence-electron chi connectivity index (χ4n) is 2.06. The predicted octanol–water partition coefficient (Wildman–Crippen LogP) is 1.72. The van der Waals surface area contributed by atoms with Crippen molar-refractivity contribution in [2.24, 2.45) is 0 Å². The van der Waals surface area contributed by atoms with Crippen LogP contribution in [0.25, 0.3) is 0 Å². The number of aromatic nitrogens is 2. The number of likely N-dealkylation sites (N-methyl/N-ethyl adjacent to an activating group) is 1. The van der Waals surface area contributed by atoms with Gasteiger partial charge in [0, 0.05) is 25.4 Å². The molecule has 1 heterocycles. The van der Waals surface area contributed by atoms with Crippen LogP contribution >= 0.6 is 0 Å². The van der Waals surface area contributed by atoms with Gasteiger partial charge >= 0.3 is 0 Å². The van der Waals surface area contributed by atoms with Crippen molar-refractivity contribution in [2.75, 3.05) is 52.0 Å². The number of carbonyl (C=O) groups excluding carboxylic acids is 1. The topological polar surface area (TPSA) is 88.6 Å². The van der Waals surface area contributed by atoms with Gasteiger partial charge in [0.15, 0.2) is 0 Å². The molecule has 0 aliphatic carbocycles. The molecule has 0 aliphatic rings. The van der Waals surface area contributed by atoms with E-state index in [0.29, 0.717) is 29.7 Å². The van der Waals surface area contributed by atoms with E-state index in [9.17, 15) is 4.79 Å². The fourth-order valence-corrected chi connectivity index (χ4v) is 2.06. The average Bonchev–Trinajstić information content (AvgIpc) is 2.61. The van der Waals surface area contributed by atoms with E-state index in [0.717, 1.165) is 6.54 Å². The number of hydrogen-bond donors (Lipinski definition) is 2. The van der Waals surface area contributed by atoms with Gasteiger partial charge in [0.05, 0.1) is 19.9 Å². The van der Waals surface area contributed by atoms with E-state index in [1.807, 2.05) is 19.0 Å². The molecule has 134 valence electrons. The van der Waals surface area contributed by atoms with Gasteiger partial charge in [0.2, 0.25) is 5.95 Å². The number of rotatable bonds is 8. The van der Waals surface area contributed by atoms with Crippen molar-refractivity contribution in [3.8, 4) is 11.5 Å². The Labute approximate surface area is 147 Å². The smallest absolute Gasteiger partial charge is 0.274 e. The van der Waals surface area contributed by atoms with Crippen molar-refractivity contribution in [1.82, 2.24) is 14.9 Å². The molecule has 2 rings (SSSR count). The van der Waals surface area contributed by atoms with Crippen LogP contribution in [0.4, 0.5) is 11.6 Å². The van der Waals surface area contributed by atoms with Crippen LogP contribution in [0.5, 0.6) is 11.5 Å². The Morgan fingerprint density at radius 1 is 1.20 bits per heavy atom. The number of ether oxygens (including phenoxy) is 2. The highest BCUT2D eigenvalue weighted by Gasteiger charge is 2.13. The molecule has 2 aromatic rings. The van der Waals surface area contributed by atoms with E-state index >= 15 is 0 Å². The summed E-state index contributed by atoms with van der Waals surface area (Å²) < 4.78 is 10.4. The highest BCUT2D eigenvalue weighted by atomic mass is 16.5. The summed E-state index contributed by atoms with van der Waals surface area (Å²) in [6, 6.07) is 6.72. The number of amides is 1. The summed E-state index contributed by atoms with van der Waals surface area (Å²) in [4.78, 5) is 22.9. The van der Waals surface area contributed by atoms with Crippen LogP contribution in [-0.2, 0) is 0 Å². The number of carbonyl (C=O) groups is 1. The Balaban J connectivity index is 2.10. The van der Waals surface area contributed by atoms with Gasteiger partial charge in [-0.3, -0.25) is 4.79 Å². The maximum Gasteiger partial charge on any atom is 0.274 e. The molecule has 8 nitrogen and oxygen atoms in total. The minimum absolute atomic E-state index is 0.257. The molecule has 2 N–H and O–H groups in total. The first kappa shape index (κ1) is 18.5. The Bertz CT molecular complexity index is 721. The number of anilines is 2. The number of hydrogen-bond acceptors (Lipinski definition) is 7. The van der Waals surface area contributed by atoms with E-state index in [2.05, 4.69) is 20.6 Å². The molecule has 0 fully saturated rings. The number of methoxy groups -OCH3 is 2. The Kier molecular flexibility index (Phi) is 6.53. The summed E-state index contributed by atoms with van der Waals surface area (Å²) in [5.74, 6) is 1.20. The number of benzene rings is 1. The van der Waals surface area contributed by atoms with E-state index in [4.69, 9.17) is 9.47 Å². The lowest BCUT2D eigenvalue weighted by molar-refractivity contribution is 0.102. The third-order valence-corrected chi connectivity index (χ3v) is 3.39. The zero-order valence-corrected chi connectivity index (χ0v) is 14.9. The maximum absolute atomic E-state index is 12.5. The van der Waals surface area contributed by atoms with Crippen molar-refractivity contribution in [3.63, 3.8) is 0 Å². The van der Waals surface area contributed by atoms with E-state index in [1.54, 1.807) is 37.6 Å². The Hall–Kier alpha value is -2.87. The normalized spacial score (nSPS) is 10.4. The summed E-state index contributed by atoms with van der Waals surface area (Å²) in [5, 5.41) is 5.87. The molecular formula is C17H23N5O3. The minimum Gasteiger partial charge on any atom is -0.497 e. The number of nitrogens with one attached hydrogen (secondary N) is 2. The molecule has 0 spiro atoms. The lowest BCUT2D eigenvalue weighted by Crippen LogP contribution is -2.22. The van der Waals surface area contributed by atoms with E-state index in [1.165, 1.54) is 7.11 Å². The Morgan fingerprint density at radius 3 is 2.68 bits per heavy atom. The van der Waals surface area contributed by atoms with Crippen molar-refractivity contribution >= 4 is 17.5 Å². The first-order valence-corrected chi connectivity index (χ1v) is 7.78. The molecule has 0 atom stereocenters. The molecule has 0 saturated carbocycles. The number of nitrogens with zero attached hydrogens (tertiary/aromatic N) is 3. The second-order valence-electron chi connectivity index (χ2n) is 5.52.